The molecule has 1 aromatic carbocycles. The van der Waals surface area contributed by atoms with Gasteiger partial charge < -0.3 is 0 Å². The maximum Gasteiger partial charge on any atom is 0.148 e. The maximum atomic E-state index is 13.4. The van der Waals surface area contributed by atoms with Crippen molar-refractivity contribution in [1.82, 2.24) is 9.78 Å². The van der Waals surface area contributed by atoms with Crippen LogP contribution in [0.15, 0.2) is 36.5 Å². The van der Waals surface area contributed by atoms with Crippen molar-refractivity contribution in [2.24, 2.45) is 0 Å². The summed E-state index contributed by atoms with van der Waals surface area (Å²) in [7, 11) is 0. The number of rotatable bonds is 2. The highest BCUT2D eigenvalue weighted by atomic mass is 19.1. The molecule has 0 spiro atoms. The molecule has 0 amide bonds. The Labute approximate surface area is 82.0 Å². The number of nitrogens with zero attached hydrogens (tertiary/aromatic N) is 2. The number of hydrogen-bond donors (Lipinski definition) is 0. The van der Waals surface area contributed by atoms with Crippen molar-refractivity contribution in [3.63, 3.8) is 0 Å². The zero-order valence-electron chi connectivity index (χ0n) is 7.94. The lowest BCUT2D eigenvalue weighted by Crippen LogP contribution is -2.03. The summed E-state index contributed by atoms with van der Waals surface area (Å²) in [5.41, 5.74) is 1.52. The molecule has 0 N–H and O–H groups in total. The van der Waals surface area contributed by atoms with Crippen LogP contribution in [0.3, 0.4) is 0 Å². The Morgan fingerprint density at radius 3 is 2.79 bits per heavy atom. The zero-order valence-corrected chi connectivity index (χ0v) is 7.94. The topological polar surface area (TPSA) is 17.8 Å². The summed E-state index contributed by atoms with van der Waals surface area (Å²) >= 11 is 0. The van der Waals surface area contributed by atoms with E-state index in [1.807, 2.05) is 13.0 Å². The van der Waals surface area contributed by atoms with E-state index in [0.29, 0.717) is 5.69 Å². The molecular weight excluding hydrogens is 179 g/mol. The van der Waals surface area contributed by atoms with Crippen LogP contribution in [0.4, 0.5) is 4.39 Å². The number of para-hydroxylation sites is 1. The molecule has 0 fully saturated rings. The molecule has 1 aromatic heterocycles. The van der Waals surface area contributed by atoms with Crippen LogP contribution in [-0.4, -0.2) is 9.78 Å². The van der Waals surface area contributed by atoms with Crippen LogP contribution in [0.5, 0.6) is 0 Å². The first-order valence-electron chi connectivity index (χ1n) is 4.60. The number of hydrogen-bond acceptors (Lipinski definition) is 1. The van der Waals surface area contributed by atoms with Gasteiger partial charge in [-0.25, -0.2) is 9.07 Å². The van der Waals surface area contributed by atoms with Gasteiger partial charge in [0.05, 0.1) is 0 Å². The van der Waals surface area contributed by atoms with Crippen molar-refractivity contribution < 1.29 is 4.39 Å². The molecule has 2 nitrogen and oxygen atoms in total. The first kappa shape index (κ1) is 8.94. The summed E-state index contributed by atoms with van der Waals surface area (Å²) < 4.78 is 15.0. The molecule has 0 bridgehead atoms. The lowest BCUT2D eigenvalue weighted by molar-refractivity contribution is 0.607. The SMILES string of the molecule is CCc1ccnn1-c1ccccc1F. The van der Waals surface area contributed by atoms with Gasteiger partial charge in [-0.15, -0.1) is 0 Å². The molecule has 2 rings (SSSR count). The van der Waals surface area contributed by atoms with E-state index in [2.05, 4.69) is 5.10 Å². The first-order chi connectivity index (χ1) is 6.83. The minimum atomic E-state index is -0.245. The number of benzene rings is 1. The molecule has 0 aliphatic rings. The summed E-state index contributed by atoms with van der Waals surface area (Å²) in [6, 6.07) is 8.54. The van der Waals surface area contributed by atoms with Crippen molar-refractivity contribution in [3.8, 4) is 5.69 Å². The minimum absolute atomic E-state index is 0.245. The van der Waals surface area contributed by atoms with Gasteiger partial charge in [0.2, 0.25) is 0 Å². The minimum Gasteiger partial charge on any atom is -0.235 e. The average molecular weight is 190 g/mol. The van der Waals surface area contributed by atoms with E-state index in [4.69, 9.17) is 0 Å². The van der Waals surface area contributed by atoms with Gasteiger partial charge >= 0.3 is 0 Å². The molecular formula is C11H11FN2. The quantitative estimate of drug-likeness (QED) is 0.711. The highest BCUT2D eigenvalue weighted by Gasteiger charge is 2.06. The molecule has 72 valence electrons. The average Bonchev–Trinajstić information content (AvgIpc) is 2.66. The van der Waals surface area contributed by atoms with Gasteiger partial charge in [0.25, 0.3) is 0 Å². The highest BCUT2D eigenvalue weighted by Crippen LogP contribution is 2.14. The van der Waals surface area contributed by atoms with Crippen molar-refractivity contribution in [1.29, 1.82) is 0 Å². The van der Waals surface area contributed by atoms with Gasteiger partial charge in [0.1, 0.15) is 11.5 Å². The molecule has 2 aromatic rings. The number of aryl methyl sites for hydroxylation is 1. The third kappa shape index (κ3) is 1.41. The second-order valence-electron chi connectivity index (χ2n) is 3.04. The predicted molar refractivity (Wildman–Crippen MR) is 52.9 cm³/mol. The Morgan fingerprint density at radius 1 is 1.29 bits per heavy atom. The van der Waals surface area contributed by atoms with E-state index >= 15 is 0 Å². The molecule has 0 unspecified atom stereocenters. The molecule has 3 heteroatoms. The summed E-state index contributed by atoms with van der Waals surface area (Å²) in [4.78, 5) is 0. The van der Waals surface area contributed by atoms with E-state index in [0.717, 1.165) is 12.1 Å². The van der Waals surface area contributed by atoms with Gasteiger partial charge in [-0.1, -0.05) is 19.1 Å². The normalized spacial score (nSPS) is 10.4. The Kier molecular flexibility index (Phi) is 2.31. The van der Waals surface area contributed by atoms with E-state index in [-0.39, 0.29) is 5.82 Å². The summed E-state index contributed by atoms with van der Waals surface area (Å²) in [5, 5.41) is 4.09. The third-order valence-electron chi connectivity index (χ3n) is 2.16. The van der Waals surface area contributed by atoms with Gasteiger partial charge in [-0.05, 0) is 24.6 Å². The van der Waals surface area contributed by atoms with E-state index in [9.17, 15) is 4.39 Å². The van der Waals surface area contributed by atoms with Crippen LogP contribution in [0, 0.1) is 5.82 Å². The summed E-state index contributed by atoms with van der Waals surface area (Å²) in [6.45, 7) is 2.02. The summed E-state index contributed by atoms with van der Waals surface area (Å²) in [5.74, 6) is -0.245. The van der Waals surface area contributed by atoms with E-state index < -0.39 is 0 Å². The fourth-order valence-electron chi connectivity index (χ4n) is 1.44. The zero-order chi connectivity index (χ0) is 9.97. The van der Waals surface area contributed by atoms with Gasteiger partial charge in [-0.2, -0.15) is 5.10 Å². The van der Waals surface area contributed by atoms with Crippen LogP contribution >= 0.6 is 0 Å². The van der Waals surface area contributed by atoms with E-state index in [1.165, 1.54) is 6.07 Å². The fourth-order valence-corrected chi connectivity index (χ4v) is 1.44. The van der Waals surface area contributed by atoms with Crippen LogP contribution in [-0.2, 0) is 6.42 Å². The van der Waals surface area contributed by atoms with Crippen LogP contribution in [0.2, 0.25) is 0 Å². The molecule has 0 saturated carbocycles. The van der Waals surface area contributed by atoms with Gasteiger partial charge in [-0.3, -0.25) is 0 Å². The Morgan fingerprint density at radius 2 is 2.07 bits per heavy atom. The monoisotopic (exact) mass is 190 g/mol. The molecule has 0 saturated heterocycles. The van der Waals surface area contributed by atoms with Crippen LogP contribution in [0.25, 0.3) is 5.69 Å². The van der Waals surface area contributed by atoms with Crippen LogP contribution in [0.1, 0.15) is 12.6 Å². The Bertz CT molecular complexity index is 434. The van der Waals surface area contributed by atoms with Crippen molar-refractivity contribution in [3.05, 3.63) is 48.0 Å². The second kappa shape index (κ2) is 3.62. The standard InChI is InChI=1S/C11H11FN2/c1-2-9-7-8-13-14(9)11-6-4-3-5-10(11)12/h3-8H,2H2,1H3. The Hall–Kier alpha value is -1.64. The van der Waals surface area contributed by atoms with Gasteiger partial charge in [0.15, 0.2) is 0 Å². The first-order valence-corrected chi connectivity index (χ1v) is 4.60. The second-order valence-corrected chi connectivity index (χ2v) is 3.04. The maximum absolute atomic E-state index is 13.4. The lowest BCUT2D eigenvalue weighted by atomic mass is 10.3. The third-order valence-corrected chi connectivity index (χ3v) is 2.16. The van der Waals surface area contributed by atoms with Crippen molar-refractivity contribution in [2.45, 2.75) is 13.3 Å². The molecule has 0 aliphatic carbocycles. The number of halogens is 1. The fraction of sp³-hybridized carbons (Fsp3) is 0.182. The molecule has 0 radical (unpaired) electrons. The molecule has 14 heavy (non-hydrogen) atoms. The van der Waals surface area contributed by atoms with Gasteiger partial charge in [0, 0.05) is 11.9 Å². The molecule has 0 aliphatic heterocycles. The smallest absolute Gasteiger partial charge is 0.148 e. The highest BCUT2D eigenvalue weighted by molar-refractivity contribution is 5.34. The summed E-state index contributed by atoms with van der Waals surface area (Å²) in [6.07, 6.45) is 2.53. The number of aromatic nitrogens is 2. The molecule has 1 heterocycles. The molecule has 0 atom stereocenters. The van der Waals surface area contributed by atoms with Crippen molar-refractivity contribution in [2.75, 3.05) is 0 Å². The lowest BCUT2D eigenvalue weighted by Gasteiger charge is -2.06. The van der Waals surface area contributed by atoms with Crippen LogP contribution < -0.4 is 0 Å². The predicted octanol–water partition coefficient (Wildman–Crippen LogP) is 2.57. The largest absolute Gasteiger partial charge is 0.235 e. The van der Waals surface area contributed by atoms with E-state index in [1.54, 1.807) is 29.1 Å². The van der Waals surface area contributed by atoms with Crippen molar-refractivity contribution >= 4 is 0 Å². The Balaban J connectivity index is 2.54.